The summed E-state index contributed by atoms with van der Waals surface area (Å²) in [6.07, 6.45) is 1.26. The van der Waals surface area contributed by atoms with Gasteiger partial charge in [-0.15, -0.1) is 0 Å². The van der Waals surface area contributed by atoms with E-state index in [4.69, 9.17) is 20.9 Å². The number of hydrogen-bond donors (Lipinski definition) is 4. The van der Waals surface area contributed by atoms with Crippen LogP contribution in [-0.2, 0) is 45.1 Å². The van der Waals surface area contributed by atoms with Crippen molar-refractivity contribution in [3.8, 4) is 0 Å². The minimum atomic E-state index is -1.04. The van der Waals surface area contributed by atoms with Crippen molar-refractivity contribution in [2.75, 3.05) is 13.1 Å². The summed E-state index contributed by atoms with van der Waals surface area (Å²) in [7, 11) is 0. The number of carbonyl (C=O) groups excluding carboxylic acids is 2. The Hall–Kier alpha value is -3.62. The number of esters is 2. The highest BCUT2D eigenvalue weighted by atomic mass is 16.6. The molecule has 0 saturated heterocycles. The summed E-state index contributed by atoms with van der Waals surface area (Å²) in [5.74, 6) is -2.09. The lowest BCUT2D eigenvalue weighted by Gasteiger charge is -2.07. The summed E-state index contributed by atoms with van der Waals surface area (Å²) >= 11 is 0. The van der Waals surface area contributed by atoms with Gasteiger partial charge in [-0.25, -0.2) is 9.59 Å². The maximum atomic E-state index is 12.2. The van der Waals surface area contributed by atoms with Crippen LogP contribution in [0.25, 0.3) is 21.8 Å². The van der Waals surface area contributed by atoms with Gasteiger partial charge in [0.1, 0.15) is 13.2 Å². The molecule has 4 aromatic rings. The van der Waals surface area contributed by atoms with Crippen LogP contribution in [0.1, 0.15) is 22.5 Å². The van der Waals surface area contributed by atoms with Gasteiger partial charge < -0.3 is 30.9 Å². The third-order valence-corrected chi connectivity index (χ3v) is 5.45. The second kappa shape index (κ2) is 9.67. The number of aromatic nitrogens is 2. The molecule has 0 spiro atoms. The quantitative estimate of drug-likeness (QED) is 0.248. The molecule has 166 valence electrons. The number of fused-ring (bicyclic) bond motifs is 2. The van der Waals surface area contributed by atoms with Crippen molar-refractivity contribution in [2.24, 2.45) is 11.5 Å². The number of H-pyrrole nitrogens is 2. The molecule has 0 saturated carbocycles. The van der Waals surface area contributed by atoms with Gasteiger partial charge in [0.25, 0.3) is 0 Å². The molecular weight excluding hydrogens is 408 g/mol. The second-order valence-corrected chi connectivity index (χ2v) is 7.48. The maximum absolute atomic E-state index is 12.2. The van der Waals surface area contributed by atoms with Gasteiger partial charge >= 0.3 is 11.9 Å². The first-order chi connectivity index (χ1) is 15.6. The Morgan fingerprint density at radius 3 is 1.50 bits per heavy atom. The van der Waals surface area contributed by atoms with Crippen LogP contribution in [0.15, 0.2) is 48.5 Å². The third kappa shape index (κ3) is 4.37. The molecule has 0 amide bonds. The molecule has 4 rings (SSSR count). The smallest absolute Gasteiger partial charge is 0.417 e. The molecule has 0 aliphatic carbocycles. The van der Waals surface area contributed by atoms with Gasteiger partial charge in [-0.05, 0) is 49.2 Å². The minimum Gasteiger partial charge on any atom is -0.451 e. The molecule has 6 N–H and O–H groups in total. The van der Waals surface area contributed by atoms with Crippen LogP contribution in [0.3, 0.4) is 0 Å². The lowest BCUT2D eigenvalue weighted by Crippen LogP contribution is -2.21. The van der Waals surface area contributed by atoms with E-state index >= 15 is 0 Å². The van der Waals surface area contributed by atoms with Crippen LogP contribution < -0.4 is 11.5 Å². The summed E-state index contributed by atoms with van der Waals surface area (Å²) in [5, 5.41) is 2.05. The van der Waals surface area contributed by atoms with E-state index in [1.807, 2.05) is 48.5 Å². The Labute approximate surface area is 184 Å². The number of aromatic amines is 2. The van der Waals surface area contributed by atoms with Gasteiger partial charge in [-0.1, -0.05) is 36.4 Å². The molecule has 2 aromatic heterocycles. The van der Waals surface area contributed by atoms with Crippen molar-refractivity contribution in [3.63, 3.8) is 0 Å². The lowest BCUT2D eigenvalue weighted by atomic mass is 10.1. The van der Waals surface area contributed by atoms with Crippen molar-refractivity contribution in [2.45, 2.75) is 26.1 Å². The predicted molar refractivity (Wildman–Crippen MR) is 122 cm³/mol. The highest BCUT2D eigenvalue weighted by molar-refractivity contribution is 6.29. The molecule has 0 unspecified atom stereocenters. The number of nitrogens with one attached hydrogen (secondary N) is 2. The largest absolute Gasteiger partial charge is 0.451 e. The molecule has 0 radical (unpaired) electrons. The number of rotatable bonds is 8. The van der Waals surface area contributed by atoms with Crippen LogP contribution in [0, 0.1) is 0 Å². The number of hydrogen-bond acceptors (Lipinski definition) is 6. The van der Waals surface area contributed by atoms with Crippen LogP contribution in [0.5, 0.6) is 0 Å². The molecule has 0 aliphatic rings. The lowest BCUT2D eigenvalue weighted by molar-refractivity contribution is -0.169. The second-order valence-electron chi connectivity index (χ2n) is 7.48. The highest BCUT2D eigenvalue weighted by Crippen LogP contribution is 2.24. The molecule has 8 heteroatoms. The number of nitrogens with two attached hydrogens (primary N) is 2. The predicted octanol–water partition coefficient (Wildman–Crippen LogP) is 2.44. The topological polar surface area (TPSA) is 136 Å². The number of carbonyl (C=O) groups is 2. The molecule has 0 bridgehead atoms. The van der Waals surface area contributed by atoms with Gasteiger partial charge in [-0.2, -0.15) is 0 Å². The maximum Gasteiger partial charge on any atom is 0.417 e. The van der Waals surface area contributed by atoms with Gasteiger partial charge in [0.15, 0.2) is 0 Å². The standard InChI is InChI=1S/C24H26N4O4/c25-11-9-17-15-5-1-3-7-19(15)27-21(17)13-31-23(29)24(30)32-14-22-18(10-12-26)16-6-2-4-8-20(16)28-22/h1-8,27-28H,9-14,25-26H2. The first-order valence-electron chi connectivity index (χ1n) is 10.5. The van der Waals surface area contributed by atoms with Gasteiger partial charge in [-0.3, -0.25) is 0 Å². The van der Waals surface area contributed by atoms with Gasteiger partial charge in [0.2, 0.25) is 0 Å². The van der Waals surface area contributed by atoms with Crippen molar-refractivity contribution < 1.29 is 19.1 Å². The van der Waals surface area contributed by atoms with E-state index in [2.05, 4.69) is 9.97 Å². The number of benzene rings is 2. The Kier molecular flexibility index (Phi) is 6.53. The number of para-hydroxylation sites is 2. The van der Waals surface area contributed by atoms with E-state index in [-0.39, 0.29) is 13.2 Å². The molecule has 0 fully saturated rings. The zero-order chi connectivity index (χ0) is 22.5. The monoisotopic (exact) mass is 434 g/mol. The van der Waals surface area contributed by atoms with Crippen LogP contribution in [0.2, 0.25) is 0 Å². The zero-order valence-electron chi connectivity index (χ0n) is 17.6. The van der Waals surface area contributed by atoms with Crippen molar-refractivity contribution in [1.29, 1.82) is 0 Å². The summed E-state index contributed by atoms with van der Waals surface area (Å²) < 4.78 is 10.4. The molecule has 0 atom stereocenters. The van der Waals surface area contributed by atoms with Crippen LogP contribution in [0.4, 0.5) is 0 Å². The van der Waals surface area contributed by atoms with Crippen LogP contribution >= 0.6 is 0 Å². The average Bonchev–Trinajstić information content (AvgIpc) is 3.34. The van der Waals surface area contributed by atoms with E-state index in [1.165, 1.54) is 0 Å². The van der Waals surface area contributed by atoms with E-state index in [9.17, 15) is 9.59 Å². The molecular formula is C24H26N4O4. The first-order valence-corrected chi connectivity index (χ1v) is 10.5. The summed E-state index contributed by atoms with van der Waals surface area (Å²) in [4.78, 5) is 31.0. The average molecular weight is 434 g/mol. The highest BCUT2D eigenvalue weighted by Gasteiger charge is 2.21. The van der Waals surface area contributed by atoms with Crippen molar-refractivity contribution in [3.05, 3.63) is 71.0 Å². The van der Waals surface area contributed by atoms with Crippen LogP contribution in [-0.4, -0.2) is 35.0 Å². The molecule has 2 heterocycles. The Bertz CT molecular complexity index is 1160. The fraction of sp³-hybridized carbons (Fsp3) is 0.250. The number of ether oxygens (including phenoxy) is 2. The third-order valence-electron chi connectivity index (χ3n) is 5.45. The molecule has 8 nitrogen and oxygen atoms in total. The van der Waals surface area contributed by atoms with Gasteiger partial charge in [0, 0.05) is 21.8 Å². The fourth-order valence-corrected chi connectivity index (χ4v) is 4.01. The van der Waals surface area contributed by atoms with E-state index in [0.29, 0.717) is 25.9 Å². The fourth-order valence-electron chi connectivity index (χ4n) is 4.01. The Morgan fingerprint density at radius 2 is 1.09 bits per heavy atom. The Balaban J connectivity index is 1.41. The van der Waals surface area contributed by atoms with E-state index < -0.39 is 11.9 Å². The first kappa shape index (κ1) is 21.6. The minimum absolute atomic E-state index is 0.0667. The Morgan fingerprint density at radius 1 is 0.688 bits per heavy atom. The summed E-state index contributed by atoms with van der Waals surface area (Å²) in [6, 6.07) is 15.6. The van der Waals surface area contributed by atoms with Gasteiger partial charge in [0.05, 0.1) is 11.4 Å². The van der Waals surface area contributed by atoms with Crippen molar-refractivity contribution >= 4 is 33.7 Å². The molecule has 2 aromatic carbocycles. The molecule has 32 heavy (non-hydrogen) atoms. The normalized spacial score (nSPS) is 11.2. The van der Waals surface area contributed by atoms with E-state index in [0.717, 1.165) is 44.3 Å². The van der Waals surface area contributed by atoms with Crippen molar-refractivity contribution in [1.82, 2.24) is 9.97 Å². The SMILES string of the molecule is NCCc1c(COC(=O)C(=O)OCc2[nH]c3ccccc3c2CCN)[nH]c2ccccc12. The molecule has 0 aliphatic heterocycles. The summed E-state index contributed by atoms with van der Waals surface area (Å²) in [6.45, 7) is 0.784. The summed E-state index contributed by atoms with van der Waals surface area (Å²) in [5.41, 5.74) is 16.7. The van der Waals surface area contributed by atoms with E-state index in [1.54, 1.807) is 0 Å². The zero-order valence-corrected chi connectivity index (χ0v) is 17.6.